The van der Waals surface area contributed by atoms with Gasteiger partial charge in [0.25, 0.3) is 0 Å². The molecule has 2 heterocycles. The highest BCUT2D eigenvalue weighted by Gasteiger charge is 2.17. The van der Waals surface area contributed by atoms with Gasteiger partial charge in [0.1, 0.15) is 11.8 Å². The Labute approximate surface area is 71.2 Å². The van der Waals surface area contributed by atoms with E-state index in [1.165, 1.54) is 5.56 Å². The largest absolute Gasteiger partial charge is 0.449 e. The Bertz CT molecular complexity index is 335. The quantitative estimate of drug-likeness (QED) is 0.574. The number of rotatable bonds is 0. The van der Waals surface area contributed by atoms with Gasteiger partial charge in [-0.25, -0.2) is 0 Å². The minimum atomic E-state index is 0.440. The third-order valence-corrected chi connectivity index (χ3v) is 2.18. The molecule has 0 radical (unpaired) electrons. The van der Waals surface area contributed by atoms with Crippen molar-refractivity contribution < 1.29 is 4.42 Å². The molecule has 2 rings (SSSR count). The van der Waals surface area contributed by atoms with Crippen LogP contribution in [0.15, 0.2) is 10.5 Å². The third kappa shape index (κ3) is 1.10. The van der Waals surface area contributed by atoms with E-state index in [0.29, 0.717) is 5.76 Å². The summed E-state index contributed by atoms with van der Waals surface area (Å²) in [5, 5.41) is 8.60. The van der Waals surface area contributed by atoms with Crippen molar-refractivity contribution in [1.29, 1.82) is 5.26 Å². The Balaban J connectivity index is 2.36. The Morgan fingerprint density at radius 1 is 1.67 bits per heavy atom. The second-order valence-corrected chi connectivity index (χ2v) is 3.16. The molecule has 3 nitrogen and oxygen atoms in total. The summed E-state index contributed by atoms with van der Waals surface area (Å²) >= 11 is 0. The van der Waals surface area contributed by atoms with Gasteiger partial charge in [0.05, 0.1) is 6.54 Å². The maximum absolute atomic E-state index is 8.60. The van der Waals surface area contributed by atoms with Gasteiger partial charge in [-0.2, -0.15) is 5.26 Å². The van der Waals surface area contributed by atoms with Crippen molar-refractivity contribution >= 4 is 0 Å². The molecule has 0 spiro atoms. The van der Waals surface area contributed by atoms with Gasteiger partial charge in [0.2, 0.25) is 5.76 Å². The first-order chi connectivity index (χ1) is 5.79. The van der Waals surface area contributed by atoms with Crippen LogP contribution in [0.3, 0.4) is 0 Å². The first-order valence-electron chi connectivity index (χ1n) is 4.00. The van der Waals surface area contributed by atoms with E-state index in [0.717, 1.165) is 25.3 Å². The molecule has 0 aromatic carbocycles. The number of nitrogens with zero attached hydrogens (tertiary/aromatic N) is 2. The highest BCUT2D eigenvalue weighted by atomic mass is 16.3. The van der Waals surface area contributed by atoms with E-state index < -0.39 is 0 Å². The van der Waals surface area contributed by atoms with Crippen molar-refractivity contribution in [2.24, 2.45) is 0 Å². The fourth-order valence-corrected chi connectivity index (χ4v) is 1.50. The van der Waals surface area contributed by atoms with Gasteiger partial charge in [0, 0.05) is 6.54 Å². The first kappa shape index (κ1) is 7.38. The van der Waals surface area contributed by atoms with Crippen molar-refractivity contribution in [2.45, 2.75) is 13.0 Å². The molecule has 0 N–H and O–H groups in total. The molecule has 0 unspecified atom stereocenters. The molecular weight excluding hydrogens is 152 g/mol. The summed E-state index contributed by atoms with van der Waals surface area (Å²) in [6.07, 6.45) is 0.997. The fraction of sp³-hybridized carbons (Fsp3) is 0.444. The smallest absolute Gasteiger partial charge is 0.204 e. The maximum atomic E-state index is 8.60. The zero-order chi connectivity index (χ0) is 8.55. The normalized spacial score (nSPS) is 17.0. The van der Waals surface area contributed by atoms with Crippen LogP contribution in [0, 0.1) is 11.3 Å². The maximum Gasteiger partial charge on any atom is 0.204 e. The Morgan fingerprint density at radius 2 is 2.50 bits per heavy atom. The molecule has 1 aliphatic heterocycles. The lowest BCUT2D eigenvalue weighted by molar-refractivity contribution is 0.276. The molecule has 1 aromatic heterocycles. The molecule has 0 bridgehead atoms. The topological polar surface area (TPSA) is 40.2 Å². The van der Waals surface area contributed by atoms with Crippen LogP contribution in [0.25, 0.3) is 0 Å². The number of fused-ring (bicyclic) bond motifs is 1. The molecule has 1 aliphatic rings. The minimum absolute atomic E-state index is 0.440. The molecule has 0 aliphatic carbocycles. The van der Waals surface area contributed by atoms with Gasteiger partial charge in [-0.05, 0) is 25.1 Å². The fourth-order valence-electron chi connectivity index (χ4n) is 1.50. The molecule has 0 amide bonds. The average Bonchev–Trinajstić information content (AvgIpc) is 2.46. The molecule has 62 valence electrons. The van der Waals surface area contributed by atoms with Crippen LogP contribution in [0.5, 0.6) is 0 Å². The van der Waals surface area contributed by atoms with Gasteiger partial charge < -0.3 is 4.42 Å². The van der Waals surface area contributed by atoms with Crippen molar-refractivity contribution in [3.63, 3.8) is 0 Å². The van der Waals surface area contributed by atoms with Crippen LogP contribution in [0.1, 0.15) is 17.1 Å². The van der Waals surface area contributed by atoms with Gasteiger partial charge >= 0.3 is 0 Å². The third-order valence-electron chi connectivity index (χ3n) is 2.18. The first-order valence-corrected chi connectivity index (χ1v) is 4.00. The van der Waals surface area contributed by atoms with E-state index in [1.807, 2.05) is 12.1 Å². The highest BCUT2D eigenvalue weighted by Crippen LogP contribution is 2.21. The van der Waals surface area contributed by atoms with Gasteiger partial charge in [0.15, 0.2) is 0 Å². The number of hydrogen-bond acceptors (Lipinski definition) is 3. The lowest BCUT2D eigenvalue weighted by Gasteiger charge is -2.20. The number of likely N-dealkylation sites (N-methyl/N-ethyl adjacent to an activating group) is 1. The van der Waals surface area contributed by atoms with Crippen LogP contribution in [-0.4, -0.2) is 18.5 Å². The summed E-state index contributed by atoms with van der Waals surface area (Å²) in [6, 6.07) is 3.86. The number of hydrogen-bond donors (Lipinski definition) is 0. The lowest BCUT2D eigenvalue weighted by atomic mass is 10.1. The van der Waals surface area contributed by atoms with Crippen molar-refractivity contribution in [1.82, 2.24) is 4.90 Å². The molecule has 0 atom stereocenters. The predicted molar refractivity (Wildman–Crippen MR) is 43.5 cm³/mol. The van der Waals surface area contributed by atoms with Crippen molar-refractivity contribution in [2.75, 3.05) is 13.6 Å². The van der Waals surface area contributed by atoms with E-state index in [2.05, 4.69) is 11.9 Å². The van der Waals surface area contributed by atoms with Gasteiger partial charge in [-0.15, -0.1) is 0 Å². The number of furan rings is 1. The second kappa shape index (κ2) is 2.65. The standard InChI is InChI=1S/C9H10N2O/c1-11-3-2-7-4-8(5-10)12-9(7)6-11/h4H,2-3,6H2,1H3. The minimum Gasteiger partial charge on any atom is -0.449 e. The second-order valence-electron chi connectivity index (χ2n) is 3.16. The van der Waals surface area contributed by atoms with Crippen LogP contribution < -0.4 is 0 Å². The van der Waals surface area contributed by atoms with E-state index in [-0.39, 0.29) is 0 Å². The molecule has 1 aromatic rings. The summed E-state index contributed by atoms with van der Waals surface area (Å²) in [5.41, 5.74) is 1.20. The van der Waals surface area contributed by atoms with Crippen LogP contribution in [-0.2, 0) is 13.0 Å². The average molecular weight is 162 g/mol. The Kier molecular flexibility index (Phi) is 1.63. The van der Waals surface area contributed by atoms with Gasteiger partial charge in [-0.1, -0.05) is 0 Å². The summed E-state index contributed by atoms with van der Waals surface area (Å²) < 4.78 is 5.32. The molecule has 3 heteroatoms. The van der Waals surface area contributed by atoms with Crippen LogP contribution in [0.4, 0.5) is 0 Å². The van der Waals surface area contributed by atoms with Crippen molar-refractivity contribution in [3.8, 4) is 6.07 Å². The Morgan fingerprint density at radius 3 is 3.25 bits per heavy atom. The van der Waals surface area contributed by atoms with E-state index in [9.17, 15) is 0 Å². The van der Waals surface area contributed by atoms with Crippen molar-refractivity contribution in [3.05, 3.63) is 23.2 Å². The zero-order valence-corrected chi connectivity index (χ0v) is 7.00. The monoisotopic (exact) mass is 162 g/mol. The molecule has 0 saturated heterocycles. The van der Waals surface area contributed by atoms with Crippen LogP contribution in [0.2, 0.25) is 0 Å². The summed E-state index contributed by atoms with van der Waals surface area (Å²) in [6.45, 7) is 1.88. The van der Waals surface area contributed by atoms with Crippen LogP contribution >= 0.6 is 0 Å². The molecule has 0 fully saturated rings. The zero-order valence-electron chi connectivity index (χ0n) is 7.00. The summed E-state index contributed by atoms with van der Waals surface area (Å²) in [4.78, 5) is 2.19. The van der Waals surface area contributed by atoms with Gasteiger partial charge in [-0.3, -0.25) is 4.90 Å². The molecular formula is C9H10N2O. The molecule has 0 saturated carbocycles. The Hall–Kier alpha value is -1.27. The SMILES string of the molecule is CN1CCc2cc(C#N)oc2C1. The lowest BCUT2D eigenvalue weighted by Crippen LogP contribution is -2.25. The predicted octanol–water partition coefficient (Wildman–Crippen LogP) is 1.14. The van der Waals surface area contributed by atoms with E-state index in [4.69, 9.17) is 9.68 Å². The van der Waals surface area contributed by atoms with E-state index in [1.54, 1.807) is 0 Å². The molecule has 12 heavy (non-hydrogen) atoms. The summed E-state index contributed by atoms with van der Waals surface area (Å²) in [5.74, 6) is 1.40. The highest BCUT2D eigenvalue weighted by molar-refractivity contribution is 5.29. The van der Waals surface area contributed by atoms with E-state index >= 15 is 0 Å². The number of nitriles is 1. The summed E-state index contributed by atoms with van der Waals surface area (Å²) in [7, 11) is 2.05.